The predicted octanol–water partition coefficient (Wildman–Crippen LogP) is 3.45. The van der Waals surface area contributed by atoms with Crippen LogP contribution in [0.4, 0.5) is 11.4 Å². The largest absolute Gasteiger partial charge is 0.478 e. The van der Waals surface area contributed by atoms with Gasteiger partial charge in [0.15, 0.2) is 0 Å². The van der Waals surface area contributed by atoms with E-state index in [1.165, 1.54) is 11.1 Å². The molecule has 110 valence electrons. The lowest BCUT2D eigenvalue weighted by Crippen LogP contribution is -2.08. The van der Waals surface area contributed by atoms with Gasteiger partial charge < -0.3 is 16.2 Å². The molecular weight excluding hydrogens is 264 g/mol. The summed E-state index contributed by atoms with van der Waals surface area (Å²) in [7, 11) is 0. The van der Waals surface area contributed by atoms with E-state index in [0.29, 0.717) is 12.2 Å². The molecule has 4 heteroatoms. The summed E-state index contributed by atoms with van der Waals surface area (Å²) in [5.41, 5.74) is 10.3. The molecule has 0 unspecified atom stereocenters. The van der Waals surface area contributed by atoms with Crippen molar-refractivity contribution in [3.05, 3.63) is 58.7 Å². The van der Waals surface area contributed by atoms with Crippen LogP contribution in [0, 0.1) is 6.92 Å². The van der Waals surface area contributed by atoms with Crippen LogP contribution in [0.25, 0.3) is 0 Å². The van der Waals surface area contributed by atoms with Crippen molar-refractivity contribution in [3.8, 4) is 0 Å². The van der Waals surface area contributed by atoms with Crippen molar-refractivity contribution in [2.45, 2.75) is 26.8 Å². The fraction of sp³-hybridized carbons (Fsp3) is 0.235. The molecular formula is C17H20N2O2. The number of nitrogens with one attached hydrogen (secondary N) is 1. The first-order chi connectivity index (χ1) is 10.0. The van der Waals surface area contributed by atoms with Gasteiger partial charge in [-0.3, -0.25) is 0 Å². The number of aromatic carboxylic acids is 1. The Bertz CT molecular complexity index is 666. The van der Waals surface area contributed by atoms with Gasteiger partial charge in [0, 0.05) is 17.9 Å². The van der Waals surface area contributed by atoms with Crippen molar-refractivity contribution >= 4 is 17.3 Å². The zero-order chi connectivity index (χ0) is 15.4. The molecule has 0 fully saturated rings. The molecule has 0 atom stereocenters. The summed E-state index contributed by atoms with van der Waals surface area (Å²) in [6, 6.07) is 11.7. The zero-order valence-corrected chi connectivity index (χ0v) is 12.3. The minimum absolute atomic E-state index is 0.140. The number of hydrogen-bond donors (Lipinski definition) is 3. The topological polar surface area (TPSA) is 75.3 Å². The Morgan fingerprint density at radius 2 is 1.90 bits per heavy atom. The maximum absolute atomic E-state index is 11.2. The Hall–Kier alpha value is -2.49. The summed E-state index contributed by atoms with van der Waals surface area (Å²) in [5.74, 6) is -1.01. The van der Waals surface area contributed by atoms with E-state index < -0.39 is 5.97 Å². The smallest absolute Gasteiger partial charge is 0.337 e. The molecule has 4 nitrogen and oxygen atoms in total. The average molecular weight is 284 g/mol. The van der Waals surface area contributed by atoms with Gasteiger partial charge in [-0.25, -0.2) is 4.79 Å². The van der Waals surface area contributed by atoms with E-state index in [1.807, 2.05) is 25.1 Å². The number of benzene rings is 2. The van der Waals surface area contributed by atoms with Gasteiger partial charge in [0.25, 0.3) is 0 Å². The molecule has 0 aliphatic rings. The lowest BCUT2D eigenvalue weighted by atomic mass is 10.0. The van der Waals surface area contributed by atoms with Gasteiger partial charge in [-0.15, -0.1) is 0 Å². The first-order valence-electron chi connectivity index (χ1n) is 6.97. The number of rotatable bonds is 5. The standard InChI is InChI=1S/C17H20N2O2/c1-3-12-6-4-5-7-13(12)10-19-14-8-11(2)16(18)15(9-14)17(20)21/h4-9,19H,3,10,18H2,1-2H3,(H,20,21). The van der Waals surface area contributed by atoms with Crippen LogP contribution in [0.2, 0.25) is 0 Å². The Balaban J connectivity index is 2.22. The quantitative estimate of drug-likeness (QED) is 0.735. The third kappa shape index (κ3) is 3.34. The number of carboxylic acid groups (broad SMARTS) is 1. The Morgan fingerprint density at radius 1 is 1.24 bits per heavy atom. The average Bonchev–Trinajstić information content (AvgIpc) is 2.48. The summed E-state index contributed by atoms with van der Waals surface area (Å²) in [5, 5.41) is 12.5. The Kier molecular flexibility index (Phi) is 4.48. The first kappa shape index (κ1) is 14.9. The number of nitrogen functional groups attached to an aromatic ring is 1. The lowest BCUT2D eigenvalue weighted by Gasteiger charge is -2.13. The van der Waals surface area contributed by atoms with Crippen LogP contribution in [0.1, 0.15) is 34.0 Å². The highest BCUT2D eigenvalue weighted by molar-refractivity contribution is 5.95. The van der Waals surface area contributed by atoms with Gasteiger partial charge in [-0.2, -0.15) is 0 Å². The van der Waals surface area contributed by atoms with E-state index in [9.17, 15) is 9.90 Å². The molecule has 2 rings (SSSR count). The van der Waals surface area contributed by atoms with Gasteiger partial charge in [0.05, 0.1) is 5.56 Å². The molecule has 2 aromatic rings. The normalized spacial score (nSPS) is 10.4. The highest BCUT2D eigenvalue weighted by atomic mass is 16.4. The SMILES string of the molecule is CCc1ccccc1CNc1cc(C)c(N)c(C(=O)O)c1. The van der Waals surface area contributed by atoms with E-state index in [-0.39, 0.29) is 5.56 Å². The maximum Gasteiger partial charge on any atom is 0.337 e. The molecule has 0 aliphatic carbocycles. The van der Waals surface area contributed by atoms with Crippen molar-refractivity contribution < 1.29 is 9.90 Å². The number of hydrogen-bond acceptors (Lipinski definition) is 3. The van der Waals surface area contributed by atoms with Crippen LogP contribution >= 0.6 is 0 Å². The van der Waals surface area contributed by atoms with Gasteiger partial charge in [-0.1, -0.05) is 31.2 Å². The summed E-state index contributed by atoms with van der Waals surface area (Å²) < 4.78 is 0. The van der Waals surface area contributed by atoms with Crippen molar-refractivity contribution in [1.29, 1.82) is 0 Å². The van der Waals surface area contributed by atoms with Crippen molar-refractivity contribution in [1.82, 2.24) is 0 Å². The van der Waals surface area contributed by atoms with Crippen molar-refractivity contribution in [2.24, 2.45) is 0 Å². The summed E-state index contributed by atoms with van der Waals surface area (Å²) in [6.07, 6.45) is 0.971. The summed E-state index contributed by atoms with van der Waals surface area (Å²) in [6.45, 7) is 4.59. The molecule has 0 radical (unpaired) electrons. The van der Waals surface area contributed by atoms with Gasteiger partial charge in [-0.05, 0) is 42.2 Å². The van der Waals surface area contributed by atoms with Gasteiger partial charge in [0.1, 0.15) is 0 Å². The van der Waals surface area contributed by atoms with E-state index in [2.05, 4.69) is 24.4 Å². The molecule has 0 saturated heterocycles. The molecule has 0 bridgehead atoms. The minimum atomic E-state index is -1.01. The predicted molar refractivity (Wildman–Crippen MR) is 85.7 cm³/mol. The fourth-order valence-corrected chi connectivity index (χ4v) is 2.35. The Labute approximate surface area is 124 Å². The Morgan fingerprint density at radius 3 is 2.52 bits per heavy atom. The molecule has 21 heavy (non-hydrogen) atoms. The van der Waals surface area contributed by atoms with Crippen LogP contribution in [-0.4, -0.2) is 11.1 Å². The lowest BCUT2D eigenvalue weighted by molar-refractivity contribution is 0.0698. The molecule has 0 spiro atoms. The highest BCUT2D eigenvalue weighted by Crippen LogP contribution is 2.23. The second kappa shape index (κ2) is 6.31. The van der Waals surface area contributed by atoms with Gasteiger partial charge >= 0.3 is 5.97 Å². The van der Waals surface area contributed by atoms with E-state index in [4.69, 9.17) is 5.73 Å². The minimum Gasteiger partial charge on any atom is -0.478 e. The summed E-state index contributed by atoms with van der Waals surface area (Å²) in [4.78, 5) is 11.2. The fourth-order valence-electron chi connectivity index (χ4n) is 2.35. The van der Waals surface area contributed by atoms with Crippen LogP contribution in [-0.2, 0) is 13.0 Å². The monoisotopic (exact) mass is 284 g/mol. The van der Waals surface area contributed by atoms with Crippen LogP contribution in [0.5, 0.6) is 0 Å². The van der Waals surface area contributed by atoms with Gasteiger partial charge in [0.2, 0.25) is 0 Å². The molecule has 0 amide bonds. The molecule has 2 aromatic carbocycles. The van der Waals surface area contributed by atoms with Crippen LogP contribution in [0.3, 0.4) is 0 Å². The van der Waals surface area contributed by atoms with E-state index >= 15 is 0 Å². The second-order valence-corrected chi connectivity index (χ2v) is 5.04. The number of carbonyl (C=O) groups is 1. The zero-order valence-electron chi connectivity index (χ0n) is 12.3. The third-order valence-electron chi connectivity index (χ3n) is 3.60. The molecule has 0 saturated carbocycles. The number of nitrogens with two attached hydrogens (primary N) is 1. The van der Waals surface area contributed by atoms with Crippen LogP contribution < -0.4 is 11.1 Å². The molecule has 4 N–H and O–H groups in total. The second-order valence-electron chi connectivity index (χ2n) is 5.04. The maximum atomic E-state index is 11.2. The molecule has 0 aromatic heterocycles. The third-order valence-corrected chi connectivity index (χ3v) is 3.60. The highest BCUT2D eigenvalue weighted by Gasteiger charge is 2.11. The van der Waals surface area contributed by atoms with E-state index in [0.717, 1.165) is 17.7 Å². The number of carboxylic acids is 1. The number of anilines is 2. The number of aryl methyl sites for hydroxylation is 2. The summed E-state index contributed by atoms with van der Waals surface area (Å²) >= 11 is 0. The van der Waals surface area contributed by atoms with Crippen LogP contribution in [0.15, 0.2) is 36.4 Å². The molecule has 0 heterocycles. The van der Waals surface area contributed by atoms with Crippen molar-refractivity contribution in [2.75, 3.05) is 11.1 Å². The van der Waals surface area contributed by atoms with E-state index in [1.54, 1.807) is 6.07 Å². The van der Waals surface area contributed by atoms with Crippen molar-refractivity contribution in [3.63, 3.8) is 0 Å². The first-order valence-corrected chi connectivity index (χ1v) is 6.97. The molecule has 0 aliphatic heterocycles.